The molecule has 2 aliphatic rings. The van der Waals surface area contributed by atoms with Crippen molar-refractivity contribution >= 4 is 17.7 Å². The topological polar surface area (TPSA) is 82.9 Å². The number of rotatable bonds is 6. The maximum Gasteiger partial charge on any atom is 0.431 e. The SMILES string of the molecule is O=C(NCC(=O)N1CCC2(CC1)CCN(C(=O)CCC(F)(C(F)(F)F)C(F)(F)F)C2)c1ccco1. The monoisotopic (exact) mass is 515 g/mol. The lowest BCUT2D eigenvalue weighted by atomic mass is 9.78. The first-order valence-electron chi connectivity index (χ1n) is 10.9. The lowest BCUT2D eigenvalue weighted by molar-refractivity contribution is -0.343. The fourth-order valence-corrected chi connectivity index (χ4v) is 4.43. The van der Waals surface area contributed by atoms with Crippen molar-refractivity contribution in [2.45, 2.75) is 50.1 Å². The van der Waals surface area contributed by atoms with Crippen molar-refractivity contribution < 1.29 is 49.5 Å². The molecule has 3 heterocycles. The molecule has 0 bridgehead atoms. The van der Waals surface area contributed by atoms with Gasteiger partial charge in [-0.3, -0.25) is 14.4 Å². The molecular weight excluding hydrogens is 491 g/mol. The first-order valence-corrected chi connectivity index (χ1v) is 10.9. The zero-order chi connectivity index (χ0) is 26.1. The van der Waals surface area contributed by atoms with Crippen molar-refractivity contribution in [2.24, 2.45) is 5.41 Å². The summed E-state index contributed by atoms with van der Waals surface area (Å²) in [6.07, 6.45) is -12.9. The molecule has 14 heteroatoms. The molecule has 7 nitrogen and oxygen atoms in total. The molecule has 2 aliphatic heterocycles. The summed E-state index contributed by atoms with van der Waals surface area (Å²) < 4.78 is 95.0. The van der Waals surface area contributed by atoms with Crippen LogP contribution in [0.2, 0.25) is 0 Å². The van der Waals surface area contributed by atoms with Crippen molar-refractivity contribution in [3.8, 4) is 0 Å². The van der Waals surface area contributed by atoms with Gasteiger partial charge in [0.1, 0.15) is 0 Å². The summed E-state index contributed by atoms with van der Waals surface area (Å²) >= 11 is 0. The number of furan rings is 1. The van der Waals surface area contributed by atoms with Crippen LogP contribution in [0.15, 0.2) is 22.8 Å². The first-order chi connectivity index (χ1) is 16.2. The summed E-state index contributed by atoms with van der Waals surface area (Å²) in [5.41, 5.74) is -5.88. The second kappa shape index (κ2) is 9.69. The van der Waals surface area contributed by atoms with E-state index in [2.05, 4.69) is 5.32 Å². The molecule has 2 saturated heterocycles. The highest BCUT2D eigenvalue weighted by Gasteiger charge is 2.72. The Labute approximate surface area is 195 Å². The Bertz CT molecular complexity index is 908. The molecular formula is C21H24F7N3O4. The molecule has 0 radical (unpaired) electrons. The Kier molecular flexibility index (Phi) is 7.42. The molecule has 35 heavy (non-hydrogen) atoms. The number of halogens is 7. The van der Waals surface area contributed by atoms with Gasteiger partial charge in [-0.1, -0.05) is 0 Å². The standard InChI is InChI=1S/C21H24F7N3O4/c22-19(20(23,24)25,21(26,27)28)4-3-15(32)31-10-7-18(13-31)5-8-30(9-6-18)16(33)12-29-17(34)14-2-1-11-35-14/h1-2,11H,3-10,12-13H2,(H,29,34). The zero-order valence-electron chi connectivity index (χ0n) is 18.5. The summed E-state index contributed by atoms with van der Waals surface area (Å²) in [7, 11) is 0. The van der Waals surface area contributed by atoms with Crippen LogP contribution in [0.25, 0.3) is 0 Å². The predicted octanol–water partition coefficient (Wildman–Crippen LogP) is 3.46. The van der Waals surface area contributed by atoms with Gasteiger partial charge < -0.3 is 19.5 Å². The minimum Gasteiger partial charge on any atom is -0.459 e. The van der Waals surface area contributed by atoms with Crippen molar-refractivity contribution in [3.05, 3.63) is 24.2 Å². The average molecular weight is 515 g/mol. The second-order valence-electron chi connectivity index (χ2n) is 8.90. The van der Waals surface area contributed by atoms with Gasteiger partial charge in [-0.05, 0) is 36.8 Å². The van der Waals surface area contributed by atoms with Crippen LogP contribution in [0.4, 0.5) is 30.7 Å². The smallest absolute Gasteiger partial charge is 0.431 e. The lowest BCUT2D eigenvalue weighted by Gasteiger charge is -2.39. The Morgan fingerprint density at radius 1 is 0.914 bits per heavy atom. The number of alkyl halides is 7. The summed E-state index contributed by atoms with van der Waals surface area (Å²) in [6, 6.07) is 2.97. The van der Waals surface area contributed by atoms with Crippen LogP contribution in [0, 0.1) is 5.41 Å². The molecule has 2 fully saturated rings. The number of hydrogen-bond acceptors (Lipinski definition) is 4. The van der Waals surface area contributed by atoms with Crippen molar-refractivity contribution in [2.75, 3.05) is 32.7 Å². The molecule has 0 aromatic carbocycles. The van der Waals surface area contributed by atoms with Gasteiger partial charge in [0.2, 0.25) is 11.8 Å². The van der Waals surface area contributed by atoms with Crippen molar-refractivity contribution in [1.29, 1.82) is 0 Å². The van der Waals surface area contributed by atoms with E-state index in [9.17, 15) is 45.1 Å². The van der Waals surface area contributed by atoms with Gasteiger partial charge in [-0.25, -0.2) is 4.39 Å². The van der Waals surface area contributed by atoms with Crippen LogP contribution >= 0.6 is 0 Å². The molecule has 0 unspecified atom stereocenters. The Morgan fingerprint density at radius 3 is 2.00 bits per heavy atom. The third kappa shape index (κ3) is 5.72. The van der Waals surface area contributed by atoms with Gasteiger partial charge in [0, 0.05) is 39.0 Å². The van der Waals surface area contributed by atoms with Gasteiger partial charge >= 0.3 is 12.4 Å². The molecule has 3 amide bonds. The molecule has 0 aliphatic carbocycles. The molecule has 1 aromatic rings. The summed E-state index contributed by atoms with van der Waals surface area (Å²) in [6.45, 7) is 0.616. The quantitative estimate of drug-likeness (QED) is 0.589. The first kappa shape index (κ1) is 26.8. The molecule has 1 aromatic heterocycles. The highest BCUT2D eigenvalue weighted by Crippen LogP contribution is 2.49. The van der Waals surface area contributed by atoms with E-state index in [4.69, 9.17) is 4.42 Å². The molecule has 0 saturated carbocycles. The number of nitrogens with one attached hydrogen (secondary N) is 1. The van der Waals surface area contributed by atoms with E-state index < -0.39 is 48.1 Å². The van der Waals surface area contributed by atoms with E-state index in [-0.39, 0.29) is 31.3 Å². The molecule has 3 rings (SSSR count). The van der Waals surface area contributed by atoms with E-state index in [1.165, 1.54) is 23.3 Å². The fourth-order valence-electron chi connectivity index (χ4n) is 4.43. The van der Waals surface area contributed by atoms with E-state index in [1.54, 1.807) is 0 Å². The van der Waals surface area contributed by atoms with E-state index in [0.717, 1.165) is 4.90 Å². The summed E-state index contributed by atoms with van der Waals surface area (Å²) in [5.74, 6) is -1.79. The largest absolute Gasteiger partial charge is 0.459 e. The lowest BCUT2D eigenvalue weighted by Crippen LogP contribution is -2.53. The Balaban J connectivity index is 1.47. The van der Waals surface area contributed by atoms with Crippen LogP contribution in [0.3, 0.4) is 0 Å². The van der Waals surface area contributed by atoms with Gasteiger partial charge in [0.25, 0.3) is 11.6 Å². The molecule has 1 spiro atoms. The Hall–Kier alpha value is -2.80. The number of hydrogen-bond donors (Lipinski definition) is 1. The highest BCUT2D eigenvalue weighted by molar-refractivity contribution is 5.94. The van der Waals surface area contributed by atoms with Gasteiger partial charge in [-0.2, -0.15) is 26.3 Å². The number of nitrogens with zero attached hydrogens (tertiary/aromatic N) is 2. The maximum absolute atomic E-state index is 13.8. The van der Waals surface area contributed by atoms with Crippen molar-refractivity contribution in [3.63, 3.8) is 0 Å². The third-order valence-corrected chi connectivity index (χ3v) is 6.69. The second-order valence-corrected chi connectivity index (χ2v) is 8.90. The van der Waals surface area contributed by atoms with Crippen molar-refractivity contribution in [1.82, 2.24) is 15.1 Å². The van der Waals surface area contributed by atoms with Gasteiger partial charge in [-0.15, -0.1) is 0 Å². The fraction of sp³-hybridized carbons (Fsp3) is 0.667. The van der Waals surface area contributed by atoms with Crippen LogP contribution in [0.1, 0.15) is 42.7 Å². The third-order valence-electron chi connectivity index (χ3n) is 6.69. The van der Waals surface area contributed by atoms with E-state index in [0.29, 0.717) is 32.4 Å². The minimum atomic E-state index is -6.19. The zero-order valence-corrected chi connectivity index (χ0v) is 18.5. The van der Waals surface area contributed by atoms with Crippen LogP contribution < -0.4 is 5.32 Å². The predicted molar refractivity (Wildman–Crippen MR) is 106 cm³/mol. The highest BCUT2D eigenvalue weighted by atomic mass is 19.4. The molecule has 196 valence electrons. The number of piperidine rings is 1. The van der Waals surface area contributed by atoms with Gasteiger partial charge in [0.15, 0.2) is 5.76 Å². The molecule has 1 N–H and O–H groups in total. The number of likely N-dealkylation sites (tertiary alicyclic amines) is 2. The van der Waals surface area contributed by atoms with Crippen LogP contribution in [0.5, 0.6) is 0 Å². The van der Waals surface area contributed by atoms with Crippen LogP contribution in [-0.4, -0.2) is 78.3 Å². The summed E-state index contributed by atoms with van der Waals surface area (Å²) in [4.78, 5) is 39.2. The number of carbonyl (C=O) groups is 3. The minimum absolute atomic E-state index is 0.0570. The van der Waals surface area contributed by atoms with E-state index in [1.807, 2.05) is 0 Å². The Morgan fingerprint density at radius 2 is 1.49 bits per heavy atom. The number of amides is 3. The summed E-state index contributed by atoms with van der Waals surface area (Å²) in [5, 5.41) is 2.44. The average Bonchev–Trinajstić information content (AvgIpc) is 3.45. The van der Waals surface area contributed by atoms with Crippen LogP contribution in [-0.2, 0) is 9.59 Å². The van der Waals surface area contributed by atoms with E-state index >= 15 is 0 Å². The number of carbonyl (C=O) groups excluding carboxylic acids is 3. The van der Waals surface area contributed by atoms with Gasteiger partial charge in [0.05, 0.1) is 12.8 Å². The maximum atomic E-state index is 13.8. The normalized spacial score (nSPS) is 18.7. The molecule has 0 atom stereocenters.